The zero-order valence-electron chi connectivity index (χ0n) is 31.9. The number of para-hydroxylation sites is 1. The standard InChI is InChI=1S/C44H41N5O7S/c1-28-39(44(53)49(48(28)2)33-21-13-8-14-22-33)47-43(52)40(29-16-9-6-10-17-29)57-34-23-15-20-32(26-34)45-42(51)35(46-41(50)30-18-11-7-12-19-30)24-31-25-37(55-4)38(56-5)27-36(31)54-3/h6-27,40H,1-5H3,(H,45,51)(H,46,50)(H,47,52)/b35-24+. The molecule has 0 aliphatic carbocycles. The number of hydrogen-bond donors (Lipinski definition) is 3. The lowest BCUT2D eigenvalue weighted by molar-refractivity contribution is -0.116. The maximum atomic E-state index is 14.1. The third-order valence-corrected chi connectivity index (χ3v) is 10.3. The zero-order chi connectivity index (χ0) is 40.5. The number of methoxy groups -OCH3 is 3. The molecule has 6 rings (SSSR count). The Morgan fingerprint density at radius 1 is 0.719 bits per heavy atom. The number of carbonyl (C=O) groups excluding carboxylic acids is 3. The smallest absolute Gasteiger partial charge is 0.295 e. The van der Waals surface area contributed by atoms with Gasteiger partial charge < -0.3 is 30.2 Å². The number of rotatable bonds is 14. The van der Waals surface area contributed by atoms with E-state index in [0.717, 1.165) is 0 Å². The molecule has 1 heterocycles. The van der Waals surface area contributed by atoms with E-state index in [-0.39, 0.29) is 16.9 Å². The van der Waals surface area contributed by atoms with Gasteiger partial charge in [0.15, 0.2) is 11.5 Å². The Bertz CT molecular complexity index is 2480. The zero-order valence-corrected chi connectivity index (χ0v) is 32.8. The van der Waals surface area contributed by atoms with Crippen molar-refractivity contribution >= 4 is 46.9 Å². The fraction of sp³-hybridized carbons (Fsp3) is 0.136. The van der Waals surface area contributed by atoms with Crippen LogP contribution in [0.5, 0.6) is 17.2 Å². The number of amides is 3. The van der Waals surface area contributed by atoms with E-state index in [9.17, 15) is 19.2 Å². The van der Waals surface area contributed by atoms with Gasteiger partial charge in [0.1, 0.15) is 22.4 Å². The Morgan fingerprint density at radius 3 is 1.98 bits per heavy atom. The number of hydrogen-bond acceptors (Lipinski definition) is 8. The Hall–Kier alpha value is -6.99. The third kappa shape index (κ3) is 9.11. The van der Waals surface area contributed by atoms with E-state index < -0.39 is 23.0 Å². The number of nitrogens with one attached hydrogen (secondary N) is 3. The average molecular weight is 784 g/mol. The first-order chi connectivity index (χ1) is 27.6. The lowest BCUT2D eigenvalue weighted by atomic mass is 10.1. The van der Waals surface area contributed by atoms with Crippen LogP contribution in [-0.4, -0.2) is 48.4 Å². The van der Waals surface area contributed by atoms with Crippen molar-refractivity contribution in [1.29, 1.82) is 0 Å². The molecule has 0 saturated carbocycles. The maximum Gasteiger partial charge on any atom is 0.295 e. The van der Waals surface area contributed by atoms with Crippen molar-refractivity contribution in [3.8, 4) is 22.9 Å². The third-order valence-electron chi connectivity index (χ3n) is 9.05. The normalized spacial score (nSPS) is 11.6. The highest BCUT2D eigenvalue weighted by Gasteiger charge is 2.26. The molecule has 0 radical (unpaired) electrons. The van der Waals surface area contributed by atoms with Gasteiger partial charge in [-0.25, -0.2) is 4.68 Å². The van der Waals surface area contributed by atoms with Crippen molar-refractivity contribution in [2.24, 2.45) is 7.05 Å². The first kappa shape index (κ1) is 39.7. The van der Waals surface area contributed by atoms with Gasteiger partial charge in [0.05, 0.1) is 32.7 Å². The highest BCUT2D eigenvalue weighted by molar-refractivity contribution is 8.00. The van der Waals surface area contributed by atoms with E-state index in [1.54, 1.807) is 79.3 Å². The van der Waals surface area contributed by atoms with Crippen molar-refractivity contribution in [2.75, 3.05) is 32.0 Å². The lowest BCUT2D eigenvalue weighted by Gasteiger charge is -2.18. The van der Waals surface area contributed by atoms with E-state index in [0.29, 0.717) is 55.9 Å². The summed E-state index contributed by atoms with van der Waals surface area (Å²) in [6.45, 7) is 1.78. The molecule has 0 spiro atoms. The minimum Gasteiger partial charge on any atom is -0.496 e. The summed E-state index contributed by atoms with van der Waals surface area (Å²) in [5.41, 5.74) is 2.91. The van der Waals surface area contributed by atoms with E-state index in [1.165, 1.54) is 43.8 Å². The second-order valence-corrected chi connectivity index (χ2v) is 13.8. The summed E-state index contributed by atoms with van der Waals surface area (Å²) >= 11 is 1.26. The van der Waals surface area contributed by atoms with E-state index >= 15 is 0 Å². The second-order valence-electron chi connectivity index (χ2n) is 12.6. The molecule has 6 aromatic rings. The van der Waals surface area contributed by atoms with Crippen molar-refractivity contribution < 1.29 is 28.6 Å². The topological polar surface area (TPSA) is 142 Å². The first-order valence-electron chi connectivity index (χ1n) is 17.8. The van der Waals surface area contributed by atoms with E-state index in [1.807, 2.05) is 66.7 Å². The van der Waals surface area contributed by atoms with Crippen molar-refractivity contribution in [2.45, 2.75) is 17.1 Å². The minimum atomic E-state index is -0.778. The van der Waals surface area contributed by atoms with Crippen LogP contribution in [0.4, 0.5) is 11.4 Å². The summed E-state index contributed by atoms with van der Waals surface area (Å²) in [4.78, 5) is 55.8. The number of benzene rings is 5. The molecule has 5 aromatic carbocycles. The second kappa shape index (κ2) is 18.1. The molecular weight excluding hydrogens is 743 g/mol. The van der Waals surface area contributed by atoms with Crippen LogP contribution in [0, 0.1) is 6.92 Å². The fourth-order valence-electron chi connectivity index (χ4n) is 6.05. The Kier molecular flexibility index (Phi) is 12.6. The lowest BCUT2D eigenvalue weighted by Crippen LogP contribution is -2.30. The predicted molar refractivity (Wildman–Crippen MR) is 222 cm³/mol. The molecule has 0 fully saturated rings. The quantitative estimate of drug-likeness (QED) is 0.0768. The largest absolute Gasteiger partial charge is 0.496 e. The first-order valence-corrected chi connectivity index (χ1v) is 18.7. The average Bonchev–Trinajstić information content (AvgIpc) is 3.45. The van der Waals surface area contributed by atoms with Crippen LogP contribution in [-0.2, 0) is 16.6 Å². The monoisotopic (exact) mass is 783 g/mol. The van der Waals surface area contributed by atoms with Crippen LogP contribution in [0.15, 0.2) is 143 Å². The molecule has 1 unspecified atom stereocenters. The molecule has 12 nitrogen and oxygen atoms in total. The van der Waals surface area contributed by atoms with Crippen LogP contribution >= 0.6 is 11.8 Å². The molecule has 290 valence electrons. The van der Waals surface area contributed by atoms with Gasteiger partial charge in [0.25, 0.3) is 17.4 Å². The molecule has 0 saturated heterocycles. The molecule has 57 heavy (non-hydrogen) atoms. The van der Waals surface area contributed by atoms with Crippen LogP contribution in [0.25, 0.3) is 11.8 Å². The molecule has 13 heteroatoms. The van der Waals surface area contributed by atoms with Crippen LogP contribution in [0.3, 0.4) is 0 Å². The number of anilines is 2. The summed E-state index contributed by atoms with van der Waals surface area (Å²) in [5, 5.41) is 7.77. The summed E-state index contributed by atoms with van der Waals surface area (Å²) in [7, 11) is 6.24. The molecular formula is C44H41N5O7S. The van der Waals surface area contributed by atoms with Crippen molar-refractivity contribution in [1.82, 2.24) is 14.7 Å². The molecule has 1 atom stereocenters. The van der Waals surface area contributed by atoms with E-state index in [2.05, 4.69) is 16.0 Å². The van der Waals surface area contributed by atoms with Gasteiger partial charge in [0, 0.05) is 34.8 Å². The highest BCUT2D eigenvalue weighted by Crippen LogP contribution is 2.38. The van der Waals surface area contributed by atoms with Gasteiger partial charge in [-0.05, 0) is 67.1 Å². The predicted octanol–water partition coefficient (Wildman–Crippen LogP) is 7.39. The summed E-state index contributed by atoms with van der Waals surface area (Å²) in [6, 6.07) is 37.2. The number of carbonyl (C=O) groups is 3. The number of nitrogens with zero attached hydrogens (tertiary/aromatic N) is 2. The van der Waals surface area contributed by atoms with E-state index in [4.69, 9.17) is 14.2 Å². The van der Waals surface area contributed by atoms with Crippen molar-refractivity contribution in [3.63, 3.8) is 0 Å². The summed E-state index contributed by atoms with van der Waals surface area (Å²) in [5.74, 6) is -0.327. The van der Waals surface area contributed by atoms with Gasteiger partial charge in [-0.15, -0.1) is 11.8 Å². The Labute approximate surface area is 334 Å². The molecule has 0 aliphatic heterocycles. The Morgan fingerprint density at radius 2 is 1.33 bits per heavy atom. The molecule has 0 aliphatic rings. The summed E-state index contributed by atoms with van der Waals surface area (Å²) < 4.78 is 19.7. The van der Waals surface area contributed by atoms with Crippen LogP contribution in [0.2, 0.25) is 0 Å². The fourth-order valence-corrected chi connectivity index (χ4v) is 7.13. The molecule has 0 bridgehead atoms. The van der Waals surface area contributed by atoms with Crippen LogP contribution < -0.4 is 35.7 Å². The molecule has 1 aromatic heterocycles. The summed E-state index contributed by atoms with van der Waals surface area (Å²) in [6.07, 6.45) is 1.49. The number of ether oxygens (including phenoxy) is 3. The minimum absolute atomic E-state index is 0.0756. The van der Waals surface area contributed by atoms with Gasteiger partial charge in [-0.3, -0.25) is 23.9 Å². The number of aromatic nitrogens is 2. The number of thioether (sulfide) groups is 1. The molecule has 3 N–H and O–H groups in total. The maximum absolute atomic E-state index is 14.1. The van der Waals surface area contributed by atoms with Gasteiger partial charge in [-0.1, -0.05) is 72.8 Å². The Balaban J connectivity index is 1.29. The highest BCUT2D eigenvalue weighted by atomic mass is 32.2. The van der Waals surface area contributed by atoms with Gasteiger partial charge in [0.2, 0.25) is 5.91 Å². The van der Waals surface area contributed by atoms with Crippen LogP contribution in [0.1, 0.15) is 32.4 Å². The molecule has 3 amide bonds. The van der Waals surface area contributed by atoms with Gasteiger partial charge in [-0.2, -0.15) is 0 Å². The SMILES string of the molecule is COc1cc(OC)c(OC)cc1/C=C(/NC(=O)c1ccccc1)C(=O)Nc1cccc(SC(C(=O)Nc2c(C)n(C)n(-c3ccccc3)c2=O)c2ccccc2)c1. The van der Waals surface area contributed by atoms with Crippen molar-refractivity contribution in [3.05, 3.63) is 166 Å². The van der Waals surface area contributed by atoms with Gasteiger partial charge >= 0.3 is 0 Å².